The van der Waals surface area contributed by atoms with Crippen molar-refractivity contribution in [1.29, 1.82) is 0 Å². The maximum atomic E-state index is 14.6. The van der Waals surface area contributed by atoms with E-state index in [4.69, 9.17) is 4.74 Å². The molecular formula is C19H23F2IO4. The molecule has 0 saturated carbocycles. The van der Waals surface area contributed by atoms with E-state index in [1.54, 1.807) is 31.2 Å². The highest BCUT2D eigenvalue weighted by Crippen LogP contribution is 2.40. The van der Waals surface area contributed by atoms with E-state index in [0.29, 0.717) is 12.8 Å². The fraction of sp³-hybridized carbons (Fsp3) is 0.579. The molecule has 7 heteroatoms. The molecule has 1 saturated heterocycles. The molecule has 0 aromatic heterocycles. The lowest BCUT2D eigenvalue weighted by Crippen LogP contribution is -2.40. The van der Waals surface area contributed by atoms with Gasteiger partial charge in [0, 0.05) is 6.42 Å². The minimum atomic E-state index is -3.57. The van der Waals surface area contributed by atoms with Crippen LogP contribution in [0.3, 0.4) is 0 Å². The van der Waals surface area contributed by atoms with E-state index in [-0.39, 0.29) is 32.3 Å². The number of hydrogen-bond acceptors (Lipinski definition) is 4. The van der Waals surface area contributed by atoms with Crippen molar-refractivity contribution in [3.63, 3.8) is 0 Å². The summed E-state index contributed by atoms with van der Waals surface area (Å²) in [7, 11) is 0. The zero-order valence-electron chi connectivity index (χ0n) is 14.7. The standard InChI is InChI=1S/C19H23F2IO4/c1-2-25-17(24)18(22)11-6-9-16(23)26-19(20,21)15(10-12-18)13-14-7-4-3-5-8-14/h3-5,7-8,15H,2,6,9-13H2,1H3. The number of carbonyl (C=O) groups excluding carboxylic acids is 2. The van der Waals surface area contributed by atoms with Crippen LogP contribution in [0.2, 0.25) is 0 Å². The fourth-order valence-electron chi connectivity index (χ4n) is 3.08. The van der Waals surface area contributed by atoms with Gasteiger partial charge in [0.25, 0.3) is 0 Å². The maximum absolute atomic E-state index is 14.6. The van der Waals surface area contributed by atoms with E-state index in [1.807, 2.05) is 28.7 Å². The Hall–Kier alpha value is -1.25. The average molecular weight is 480 g/mol. The topological polar surface area (TPSA) is 52.6 Å². The first kappa shape index (κ1) is 21.1. The predicted molar refractivity (Wildman–Crippen MR) is 101 cm³/mol. The molecule has 0 amide bonds. The van der Waals surface area contributed by atoms with Crippen LogP contribution in [-0.2, 0) is 25.5 Å². The van der Waals surface area contributed by atoms with E-state index in [1.165, 1.54) is 0 Å². The second-order valence-corrected chi connectivity index (χ2v) is 8.57. The van der Waals surface area contributed by atoms with E-state index >= 15 is 0 Å². The van der Waals surface area contributed by atoms with E-state index in [2.05, 4.69) is 4.74 Å². The van der Waals surface area contributed by atoms with Crippen LogP contribution in [0, 0.1) is 5.92 Å². The lowest BCUT2D eigenvalue weighted by Gasteiger charge is -2.32. The summed E-state index contributed by atoms with van der Waals surface area (Å²) in [4.78, 5) is 24.2. The maximum Gasteiger partial charge on any atom is 0.403 e. The zero-order chi connectivity index (χ0) is 19.2. The lowest BCUT2D eigenvalue weighted by molar-refractivity contribution is -0.260. The summed E-state index contributed by atoms with van der Waals surface area (Å²) < 4.78 is 37.9. The summed E-state index contributed by atoms with van der Waals surface area (Å²) >= 11 is 2.00. The molecule has 1 heterocycles. The van der Waals surface area contributed by atoms with Crippen LogP contribution in [0.25, 0.3) is 0 Å². The molecule has 0 bridgehead atoms. The second-order valence-electron chi connectivity index (χ2n) is 6.50. The van der Waals surface area contributed by atoms with Crippen LogP contribution in [0.1, 0.15) is 44.6 Å². The Morgan fingerprint density at radius 3 is 2.65 bits per heavy atom. The Morgan fingerprint density at radius 2 is 2.00 bits per heavy atom. The molecule has 0 radical (unpaired) electrons. The van der Waals surface area contributed by atoms with Gasteiger partial charge >= 0.3 is 18.0 Å². The number of benzene rings is 1. The SMILES string of the molecule is CCOC(=O)C1(I)CCCC(=O)OC(F)(F)C(Cc2ccccc2)CC1. The molecule has 2 rings (SSSR count). The number of esters is 2. The van der Waals surface area contributed by atoms with Gasteiger partial charge < -0.3 is 9.47 Å². The Balaban J connectivity index is 2.24. The largest absolute Gasteiger partial charge is 0.465 e. The Kier molecular flexibility index (Phi) is 7.37. The van der Waals surface area contributed by atoms with Gasteiger partial charge in [0.15, 0.2) is 0 Å². The van der Waals surface area contributed by atoms with Gasteiger partial charge in [0.2, 0.25) is 0 Å². The molecule has 0 aliphatic carbocycles. The highest BCUT2D eigenvalue weighted by Gasteiger charge is 2.47. The summed E-state index contributed by atoms with van der Waals surface area (Å²) in [6, 6.07) is 8.90. The summed E-state index contributed by atoms with van der Waals surface area (Å²) in [5.41, 5.74) is 0.737. The van der Waals surface area contributed by atoms with Crippen molar-refractivity contribution in [1.82, 2.24) is 0 Å². The summed E-state index contributed by atoms with van der Waals surface area (Å²) in [5, 5.41) is 0. The first-order valence-electron chi connectivity index (χ1n) is 8.76. The second kappa shape index (κ2) is 9.10. The third-order valence-electron chi connectivity index (χ3n) is 4.53. The van der Waals surface area contributed by atoms with Gasteiger partial charge in [-0.25, -0.2) is 0 Å². The summed E-state index contributed by atoms with van der Waals surface area (Å²) in [5.74, 6) is -2.54. The van der Waals surface area contributed by atoms with E-state index < -0.39 is 27.4 Å². The smallest absolute Gasteiger partial charge is 0.403 e. The highest BCUT2D eigenvalue weighted by molar-refractivity contribution is 14.1. The fourth-order valence-corrected chi connectivity index (χ4v) is 3.93. The molecule has 144 valence electrons. The van der Waals surface area contributed by atoms with Gasteiger partial charge in [-0.05, 0) is 44.6 Å². The Morgan fingerprint density at radius 1 is 1.31 bits per heavy atom. The highest BCUT2D eigenvalue weighted by atomic mass is 127. The van der Waals surface area contributed by atoms with Crippen LogP contribution in [-0.4, -0.2) is 28.1 Å². The number of rotatable bonds is 4. The van der Waals surface area contributed by atoms with Crippen molar-refractivity contribution in [3.05, 3.63) is 35.9 Å². The number of alkyl halides is 3. The average Bonchev–Trinajstić information content (AvgIpc) is 2.58. The van der Waals surface area contributed by atoms with Crippen molar-refractivity contribution < 1.29 is 27.8 Å². The van der Waals surface area contributed by atoms with Crippen LogP contribution in [0.4, 0.5) is 8.78 Å². The van der Waals surface area contributed by atoms with Crippen molar-refractivity contribution in [2.75, 3.05) is 6.61 Å². The minimum Gasteiger partial charge on any atom is -0.465 e. The number of ether oxygens (including phenoxy) is 2. The van der Waals surface area contributed by atoms with Gasteiger partial charge in [-0.2, -0.15) is 8.78 Å². The minimum absolute atomic E-state index is 0.0525. The van der Waals surface area contributed by atoms with Gasteiger partial charge in [-0.1, -0.05) is 52.9 Å². The normalized spacial score (nSPS) is 26.6. The van der Waals surface area contributed by atoms with Crippen LogP contribution >= 0.6 is 22.6 Å². The monoisotopic (exact) mass is 480 g/mol. The van der Waals surface area contributed by atoms with Gasteiger partial charge in [0.05, 0.1) is 12.5 Å². The van der Waals surface area contributed by atoms with Crippen molar-refractivity contribution in [3.8, 4) is 0 Å². The molecule has 1 aliphatic heterocycles. The van der Waals surface area contributed by atoms with Gasteiger partial charge in [0.1, 0.15) is 3.42 Å². The quantitative estimate of drug-likeness (QED) is 0.357. The third kappa shape index (κ3) is 5.62. The molecule has 1 aliphatic rings. The molecule has 1 aromatic rings. The van der Waals surface area contributed by atoms with Crippen molar-refractivity contribution >= 4 is 34.5 Å². The van der Waals surface area contributed by atoms with E-state index in [9.17, 15) is 18.4 Å². The van der Waals surface area contributed by atoms with Crippen LogP contribution in [0.5, 0.6) is 0 Å². The van der Waals surface area contributed by atoms with Crippen LogP contribution in [0.15, 0.2) is 30.3 Å². The Bertz CT molecular complexity index is 623. The predicted octanol–water partition coefficient (Wildman–Crippen LogP) is 4.68. The van der Waals surface area contributed by atoms with E-state index in [0.717, 1.165) is 5.56 Å². The zero-order valence-corrected chi connectivity index (χ0v) is 16.8. The molecular weight excluding hydrogens is 457 g/mol. The van der Waals surface area contributed by atoms with Crippen molar-refractivity contribution in [2.24, 2.45) is 5.92 Å². The Labute approximate surface area is 165 Å². The summed E-state index contributed by atoms with van der Waals surface area (Å²) in [6.45, 7) is 1.94. The molecule has 1 fully saturated rings. The third-order valence-corrected chi connectivity index (χ3v) is 6.05. The summed E-state index contributed by atoms with van der Waals surface area (Å²) in [6.07, 6.45) is -2.65. The van der Waals surface area contributed by atoms with Gasteiger partial charge in [-0.15, -0.1) is 0 Å². The van der Waals surface area contributed by atoms with Crippen molar-refractivity contribution in [2.45, 2.75) is 55.0 Å². The van der Waals surface area contributed by atoms with Gasteiger partial charge in [-0.3, -0.25) is 9.59 Å². The molecule has 26 heavy (non-hydrogen) atoms. The number of halogens is 3. The van der Waals surface area contributed by atoms with Crippen LogP contribution < -0.4 is 0 Å². The molecule has 0 N–H and O–H groups in total. The number of carbonyl (C=O) groups is 2. The molecule has 4 nitrogen and oxygen atoms in total. The number of cyclic esters (lactones) is 1. The number of hydrogen-bond donors (Lipinski definition) is 0. The first-order valence-corrected chi connectivity index (χ1v) is 9.84. The molecule has 2 unspecified atom stereocenters. The first-order chi connectivity index (χ1) is 12.3. The molecule has 2 atom stereocenters. The lowest BCUT2D eigenvalue weighted by atomic mass is 9.87. The molecule has 0 spiro atoms. The molecule has 1 aromatic carbocycles.